The SMILES string of the molecule is CCCCCC[C@H](O)/C=C/[C@H]1[C@H](O)CC(=O)[C@@H]1CCCC/C=C/C(=O)O. The van der Waals surface area contributed by atoms with Gasteiger partial charge in [-0.05, 0) is 25.7 Å². The highest BCUT2D eigenvalue weighted by Gasteiger charge is 2.39. The van der Waals surface area contributed by atoms with Crippen LogP contribution < -0.4 is 0 Å². The lowest BCUT2D eigenvalue weighted by Gasteiger charge is -2.18. The predicted molar refractivity (Wildman–Crippen MR) is 102 cm³/mol. The fourth-order valence-corrected chi connectivity index (χ4v) is 3.54. The molecular formula is C21H34O5. The molecule has 0 amide bonds. The van der Waals surface area contributed by atoms with E-state index in [4.69, 9.17) is 5.11 Å². The first-order valence-electron chi connectivity index (χ1n) is 9.92. The summed E-state index contributed by atoms with van der Waals surface area (Å²) in [4.78, 5) is 22.5. The van der Waals surface area contributed by atoms with Crippen molar-refractivity contribution in [2.45, 2.75) is 83.3 Å². The van der Waals surface area contributed by atoms with E-state index in [0.717, 1.165) is 38.2 Å². The van der Waals surface area contributed by atoms with Gasteiger partial charge in [0, 0.05) is 24.3 Å². The molecule has 3 N–H and O–H groups in total. The number of aliphatic hydroxyl groups excluding tert-OH is 2. The number of rotatable bonds is 13. The van der Waals surface area contributed by atoms with Crippen LogP contribution in [0.5, 0.6) is 0 Å². The third kappa shape index (κ3) is 8.77. The molecule has 4 atom stereocenters. The summed E-state index contributed by atoms with van der Waals surface area (Å²) in [5, 5.41) is 28.8. The smallest absolute Gasteiger partial charge is 0.327 e. The third-order valence-electron chi connectivity index (χ3n) is 5.04. The van der Waals surface area contributed by atoms with Crippen molar-refractivity contribution in [1.82, 2.24) is 0 Å². The Balaban J connectivity index is 2.42. The zero-order chi connectivity index (χ0) is 19.4. The number of allylic oxidation sites excluding steroid dienone is 1. The van der Waals surface area contributed by atoms with Gasteiger partial charge in [0.15, 0.2) is 0 Å². The van der Waals surface area contributed by atoms with Crippen molar-refractivity contribution >= 4 is 11.8 Å². The van der Waals surface area contributed by atoms with E-state index < -0.39 is 18.2 Å². The second-order valence-corrected chi connectivity index (χ2v) is 7.25. The van der Waals surface area contributed by atoms with Gasteiger partial charge in [-0.25, -0.2) is 4.79 Å². The number of carbonyl (C=O) groups is 2. The maximum absolute atomic E-state index is 12.1. The number of aliphatic hydroxyl groups is 2. The minimum Gasteiger partial charge on any atom is -0.478 e. The van der Waals surface area contributed by atoms with E-state index in [1.54, 1.807) is 12.2 Å². The van der Waals surface area contributed by atoms with Gasteiger partial charge in [0.2, 0.25) is 0 Å². The monoisotopic (exact) mass is 366 g/mol. The zero-order valence-electron chi connectivity index (χ0n) is 15.8. The molecule has 0 spiro atoms. The lowest BCUT2D eigenvalue weighted by molar-refractivity contribution is -0.131. The molecule has 1 aliphatic rings. The molecular weight excluding hydrogens is 332 g/mol. The molecule has 0 heterocycles. The summed E-state index contributed by atoms with van der Waals surface area (Å²) in [7, 11) is 0. The van der Waals surface area contributed by atoms with E-state index in [1.165, 1.54) is 6.42 Å². The standard InChI is InChI=1S/C21H34O5/c1-2-3-4-7-10-16(22)13-14-18-17(19(23)15-20(18)24)11-8-5-6-9-12-21(25)26/h9,12-14,16-18,20,22,24H,2-8,10-11,15H2,1H3,(H,25,26)/b12-9+,14-13+/t16-,17+,18+,20+/m0/s1. The molecule has 1 rings (SSSR count). The van der Waals surface area contributed by atoms with Crippen LogP contribution >= 0.6 is 0 Å². The van der Waals surface area contributed by atoms with Gasteiger partial charge in [0.25, 0.3) is 0 Å². The molecule has 0 aromatic carbocycles. The van der Waals surface area contributed by atoms with Crippen LogP contribution in [-0.4, -0.2) is 39.3 Å². The molecule has 0 unspecified atom stereocenters. The van der Waals surface area contributed by atoms with Gasteiger partial charge >= 0.3 is 5.97 Å². The summed E-state index contributed by atoms with van der Waals surface area (Å²) in [5.41, 5.74) is 0. The first-order valence-corrected chi connectivity index (χ1v) is 9.92. The average Bonchev–Trinajstić information content (AvgIpc) is 2.85. The largest absolute Gasteiger partial charge is 0.478 e. The van der Waals surface area contributed by atoms with Crippen LogP contribution in [0.3, 0.4) is 0 Å². The highest BCUT2D eigenvalue weighted by atomic mass is 16.4. The number of Topliss-reactive ketones (excluding diaryl/α,β-unsaturated/α-hetero) is 1. The van der Waals surface area contributed by atoms with Crippen LogP contribution in [0.1, 0.15) is 71.1 Å². The van der Waals surface area contributed by atoms with Gasteiger partial charge in [0.05, 0.1) is 12.2 Å². The van der Waals surface area contributed by atoms with Gasteiger partial charge in [0.1, 0.15) is 5.78 Å². The molecule has 0 aromatic rings. The number of carboxylic acids is 1. The number of carboxylic acid groups (broad SMARTS) is 1. The summed E-state index contributed by atoms with van der Waals surface area (Å²) >= 11 is 0. The maximum Gasteiger partial charge on any atom is 0.327 e. The first kappa shape index (κ1) is 22.6. The molecule has 0 aromatic heterocycles. The highest BCUT2D eigenvalue weighted by Crippen LogP contribution is 2.34. The summed E-state index contributed by atoms with van der Waals surface area (Å²) in [6.45, 7) is 2.15. The Kier molecular flexibility index (Phi) is 11.1. The maximum atomic E-state index is 12.1. The van der Waals surface area contributed by atoms with Gasteiger partial charge < -0.3 is 15.3 Å². The Labute approximate surface area is 156 Å². The quantitative estimate of drug-likeness (QED) is 0.263. The Morgan fingerprint density at radius 3 is 2.69 bits per heavy atom. The molecule has 5 heteroatoms. The molecule has 0 radical (unpaired) electrons. The zero-order valence-corrected chi connectivity index (χ0v) is 15.8. The van der Waals surface area contributed by atoms with Crippen molar-refractivity contribution in [2.24, 2.45) is 11.8 Å². The molecule has 26 heavy (non-hydrogen) atoms. The van der Waals surface area contributed by atoms with Gasteiger partial charge in [-0.3, -0.25) is 4.79 Å². The number of ketones is 1. The van der Waals surface area contributed by atoms with Crippen LogP contribution in [0.15, 0.2) is 24.3 Å². The van der Waals surface area contributed by atoms with Crippen LogP contribution in [0.25, 0.3) is 0 Å². The van der Waals surface area contributed by atoms with Crippen LogP contribution in [0.2, 0.25) is 0 Å². The summed E-state index contributed by atoms with van der Waals surface area (Å²) < 4.78 is 0. The number of aliphatic carboxylic acids is 1. The molecule has 0 saturated heterocycles. The molecule has 5 nitrogen and oxygen atoms in total. The van der Waals surface area contributed by atoms with Gasteiger partial charge in [-0.1, -0.05) is 57.3 Å². The Morgan fingerprint density at radius 1 is 1.23 bits per heavy atom. The number of unbranched alkanes of at least 4 members (excludes halogenated alkanes) is 5. The Bertz CT molecular complexity index is 483. The van der Waals surface area contributed by atoms with Crippen molar-refractivity contribution in [3.63, 3.8) is 0 Å². The van der Waals surface area contributed by atoms with E-state index in [0.29, 0.717) is 19.3 Å². The number of carbonyl (C=O) groups excluding carboxylic acids is 1. The lowest BCUT2D eigenvalue weighted by Crippen LogP contribution is -2.19. The van der Waals surface area contributed by atoms with Crippen molar-refractivity contribution in [2.75, 3.05) is 0 Å². The normalized spacial score (nSPS) is 24.7. The molecule has 1 saturated carbocycles. The number of hydrogen-bond acceptors (Lipinski definition) is 4. The van der Waals surface area contributed by atoms with E-state index in [-0.39, 0.29) is 24.0 Å². The van der Waals surface area contributed by atoms with Gasteiger partial charge in [-0.2, -0.15) is 0 Å². The van der Waals surface area contributed by atoms with E-state index >= 15 is 0 Å². The highest BCUT2D eigenvalue weighted by molar-refractivity contribution is 5.84. The van der Waals surface area contributed by atoms with Crippen LogP contribution in [0, 0.1) is 11.8 Å². The minimum atomic E-state index is -0.947. The fraction of sp³-hybridized carbons (Fsp3) is 0.714. The second kappa shape index (κ2) is 12.8. The first-order chi connectivity index (χ1) is 12.5. The van der Waals surface area contributed by atoms with E-state index in [9.17, 15) is 19.8 Å². The van der Waals surface area contributed by atoms with Crippen molar-refractivity contribution in [3.8, 4) is 0 Å². The second-order valence-electron chi connectivity index (χ2n) is 7.25. The summed E-state index contributed by atoms with van der Waals surface area (Å²) in [6, 6.07) is 0. The van der Waals surface area contributed by atoms with E-state index in [1.807, 2.05) is 6.08 Å². The lowest BCUT2D eigenvalue weighted by atomic mass is 9.88. The Morgan fingerprint density at radius 2 is 2.00 bits per heavy atom. The fourth-order valence-electron chi connectivity index (χ4n) is 3.54. The van der Waals surface area contributed by atoms with Crippen LogP contribution in [-0.2, 0) is 9.59 Å². The Hall–Kier alpha value is -1.46. The minimum absolute atomic E-state index is 0.0886. The number of hydrogen-bond donors (Lipinski definition) is 3. The predicted octanol–water partition coefficient (Wildman–Crippen LogP) is 3.64. The molecule has 0 bridgehead atoms. The molecule has 148 valence electrons. The summed E-state index contributed by atoms with van der Waals surface area (Å²) in [6.07, 6.45) is 13.5. The van der Waals surface area contributed by atoms with Crippen molar-refractivity contribution < 1.29 is 24.9 Å². The van der Waals surface area contributed by atoms with Gasteiger partial charge in [-0.15, -0.1) is 0 Å². The topological polar surface area (TPSA) is 94.8 Å². The molecule has 1 fully saturated rings. The molecule has 1 aliphatic carbocycles. The van der Waals surface area contributed by atoms with E-state index in [2.05, 4.69) is 6.92 Å². The molecule has 0 aliphatic heterocycles. The third-order valence-corrected chi connectivity index (χ3v) is 5.04. The van der Waals surface area contributed by atoms with Crippen molar-refractivity contribution in [1.29, 1.82) is 0 Å². The van der Waals surface area contributed by atoms with Crippen molar-refractivity contribution in [3.05, 3.63) is 24.3 Å². The summed E-state index contributed by atoms with van der Waals surface area (Å²) in [5.74, 6) is -1.28. The average molecular weight is 366 g/mol. The van der Waals surface area contributed by atoms with Crippen LogP contribution in [0.4, 0.5) is 0 Å².